The van der Waals surface area contributed by atoms with Crippen LogP contribution in [0.5, 0.6) is 0 Å². The number of alkyl carbamates (subject to hydrolysis) is 1. The van der Waals surface area contributed by atoms with E-state index in [-0.39, 0.29) is 25.3 Å². The molecule has 2 fully saturated rings. The van der Waals surface area contributed by atoms with Gasteiger partial charge in [-0.1, -0.05) is 60.5 Å². The van der Waals surface area contributed by atoms with Crippen molar-refractivity contribution in [3.05, 3.63) is 48.0 Å². The van der Waals surface area contributed by atoms with Crippen LogP contribution in [0.15, 0.2) is 47.6 Å². The van der Waals surface area contributed by atoms with E-state index in [1.807, 2.05) is 42.5 Å². The molecule has 0 radical (unpaired) electrons. The highest BCUT2D eigenvalue weighted by atomic mass is 16.6. The number of oxime groups is 1. The zero-order chi connectivity index (χ0) is 29.6. The zero-order valence-electron chi connectivity index (χ0n) is 23.9. The summed E-state index contributed by atoms with van der Waals surface area (Å²) >= 11 is 0. The van der Waals surface area contributed by atoms with Gasteiger partial charge in [-0.05, 0) is 52.0 Å². The van der Waals surface area contributed by atoms with Crippen molar-refractivity contribution in [1.82, 2.24) is 15.5 Å². The summed E-state index contributed by atoms with van der Waals surface area (Å²) in [5, 5.41) is 19.5. The third-order valence-electron chi connectivity index (χ3n) is 7.52. The number of benzene rings is 1. The van der Waals surface area contributed by atoms with Crippen LogP contribution in [0.3, 0.4) is 0 Å². The van der Waals surface area contributed by atoms with Crippen LogP contribution in [-0.2, 0) is 24.0 Å². The number of carboxylic acids is 1. The van der Waals surface area contributed by atoms with Crippen LogP contribution in [0, 0.1) is 5.92 Å². The van der Waals surface area contributed by atoms with E-state index in [1.54, 1.807) is 27.0 Å². The number of rotatable bonds is 5. The van der Waals surface area contributed by atoms with Crippen LogP contribution in [0.25, 0.3) is 0 Å². The molecule has 3 aliphatic rings. The highest BCUT2D eigenvalue weighted by Gasteiger charge is 2.61. The van der Waals surface area contributed by atoms with Crippen molar-refractivity contribution in [3.8, 4) is 0 Å². The van der Waals surface area contributed by atoms with E-state index >= 15 is 0 Å². The first-order valence-electron chi connectivity index (χ1n) is 14.2. The summed E-state index contributed by atoms with van der Waals surface area (Å²) in [6, 6.07) is 7.43. The molecule has 222 valence electrons. The molecule has 1 aromatic carbocycles. The maximum Gasteiger partial charge on any atom is 0.408 e. The van der Waals surface area contributed by atoms with E-state index in [0.717, 1.165) is 24.8 Å². The minimum Gasteiger partial charge on any atom is -0.479 e. The van der Waals surface area contributed by atoms with E-state index < -0.39 is 53.2 Å². The topological polar surface area (TPSA) is 147 Å². The lowest BCUT2D eigenvalue weighted by Crippen LogP contribution is -2.56. The van der Waals surface area contributed by atoms with Crippen LogP contribution in [0.2, 0.25) is 0 Å². The number of hydrogen-bond donors (Lipinski definition) is 3. The van der Waals surface area contributed by atoms with E-state index in [9.17, 15) is 24.3 Å². The second-order valence-electron chi connectivity index (χ2n) is 12.0. The zero-order valence-corrected chi connectivity index (χ0v) is 23.9. The molecule has 2 aliphatic heterocycles. The Morgan fingerprint density at radius 2 is 1.93 bits per heavy atom. The van der Waals surface area contributed by atoms with Crippen LogP contribution in [0.1, 0.15) is 71.3 Å². The number of fused-ring (bicyclic) bond motifs is 2. The SMILES string of the molecule is CC(C)(C)OC(=O)N[C@H]1CCCCC/C=C\[C@@H]2CC2(C(=O)O)NC(=O)[C@@H]2C[C@@H](O/N=C/c3ccccc3)CN2C1=O. The Hall–Kier alpha value is -3.89. The van der Waals surface area contributed by atoms with E-state index in [1.165, 1.54) is 4.90 Å². The Kier molecular flexibility index (Phi) is 9.35. The molecule has 11 nitrogen and oxygen atoms in total. The van der Waals surface area contributed by atoms with Crippen molar-refractivity contribution in [3.63, 3.8) is 0 Å². The van der Waals surface area contributed by atoms with Gasteiger partial charge in [0, 0.05) is 12.3 Å². The first-order valence-corrected chi connectivity index (χ1v) is 14.2. The van der Waals surface area contributed by atoms with Crippen molar-refractivity contribution in [2.24, 2.45) is 11.1 Å². The molecule has 2 heterocycles. The van der Waals surface area contributed by atoms with Gasteiger partial charge in [-0.15, -0.1) is 0 Å². The molecule has 41 heavy (non-hydrogen) atoms. The second-order valence-corrected chi connectivity index (χ2v) is 12.0. The first-order chi connectivity index (χ1) is 19.5. The summed E-state index contributed by atoms with van der Waals surface area (Å²) < 4.78 is 5.40. The molecule has 0 aromatic heterocycles. The number of nitrogens with zero attached hydrogens (tertiary/aromatic N) is 2. The third-order valence-corrected chi connectivity index (χ3v) is 7.52. The van der Waals surface area contributed by atoms with Crippen molar-refractivity contribution in [1.29, 1.82) is 0 Å². The number of allylic oxidation sites excluding steroid dienone is 1. The van der Waals surface area contributed by atoms with Gasteiger partial charge in [0.15, 0.2) is 0 Å². The highest BCUT2D eigenvalue weighted by Crippen LogP contribution is 2.45. The fourth-order valence-corrected chi connectivity index (χ4v) is 5.30. The standard InChI is InChI=1S/C30H40N4O7/c1-29(2,3)40-28(39)32-23-15-11-6-4-5-10-14-21-17-30(21,27(37)38)33-25(35)24-16-22(19-34(24)26(23)36)41-31-18-20-12-8-7-9-13-20/h7-10,12-14,18,21-24H,4-6,11,15-17,19H2,1-3H3,(H,32,39)(H,33,35)(H,37,38)/b14-10-,31-18+/t21-,22-,23+,24+,30?/m1/s1. The number of aliphatic carboxylic acids is 1. The quantitative estimate of drug-likeness (QED) is 0.280. The number of carboxylic acid groups (broad SMARTS) is 1. The fraction of sp³-hybridized carbons (Fsp3) is 0.567. The van der Waals surface area contributed by atoms with Gasteiger partial charge in [0.1, 0.15) is 29.3 Å². The summed E-state index contributed by atoms with van der Waals surface area (Å²) in [4.78, 5) is 59.4. The Labute approximate surface area is 240 Å². The van der Waals surface area contributed by atoms with Crippen LogP contribution >= 0.6 is 0 Å². The van der Waals surface area contributed by atoms with Crippen LogP contribution in [0.4, 0.5) is 4.79 Å². The van der Waals surface area contributed by atoms with Gasteiger partial charge in [0.2, 0.25) is 11.8 Å². The van der Waals surface area contributed by atoms with Gasteiger partial charge in [0.05, 0.1) is 12.8 Å². The lowest BCUT2D eigenvalue weighted by atomic mass is 10.0. The van der Waals surface area contributed by atoms with Gasteiger partial charge in [0.25, 0.3) is 0 Å². The molecule has 11 heteroatoms. The fourth-order valence-electron chi connectivity index (χ4n) is 5.30. The van der Waals surface area contributed by atoms with Crippen LogP contribution < -0.4 is 10.6 Å². The van der Waals surface area contributed by atoms with Crippen molar-refractivity contribution in [2.75, 3.05) is 6.54 Å². The van der Waals surface area contributed by atoms with E-state index in [4.69, 9.17) is 9.57 Å². The molecule has 0 bridgehead atoms. The molecular weight excluding hydrogens is 528 g/mol. The summed E-state index contributed by atoms with van der Waals surface area (Å²) in [5.74, 6) is -2.44. The van der Waals surface area contributed by atoms with Gasteiger partial charge in [-0.3, -0.25) is 9.59 Å². The van der Waals surface area contributed by atoms with Gasteiger partial charge in [-0.2, -0.15) is 0 Å². The number of nitrogens with one attached hydrogen (secondary N) is 2. The number of ether oxygens (including phenoxy) is 1. The van der Waals surface area contributed by atoms with Crippen molar-refractivity contribution < 1.29 is 33.9 Å². The van der Waals surface area contributed by atoms with Crippen LogP contribution in [-0.4, -0.2) is 76.0 Å². The van der Waals surface area contributed by atoms with Gasteiger partial charge >= 0.3 is 12.1 Å². The Morgan fingerprint density at radius 1 is 1.17 bits per heavy atom. The molecule has 1 aliphatic carbocycles. The molecule has 5 atom stereocenters. The second kappa shape index (κ2) is 12.7. The van der Waals surface area contributed by atoms with Crippen molar-refractivity contribution >= 4 is 30.1 Å². The lowest BCUT2D eigenvalue weighted by Gasteiger charge is -2.30. The average molecular weight is 569 g/mol. The highest BCUT2D eigenvalue weighted by molar-refractivity contribution is 5.96. The molecule has 4 rings (SSSR count). The summed E-state index contributed by atoms with van der Waals surface area (Å²) in [6.07, 6.45) is 7.93. The maximum atomic E-state index is 13.9. The Bertz CT molecular complexity index is 1180. The Balaban J connectivity index is 1.57. The normalized spacial score (nSPS) is 29.8. The molecule has 3 N–H and O–H groups in total. The molecule has 0 spiro atoms. The number of amides is 3. The number of carbonyl (C=O) groups excluding carboxylic acids is 3. The molecule has 1 aromatic rings. The average Bonchev–Trinajstić information content (AvgIpc) is 3.43. The summed E-state index contributed by atoms with van der Waals surface area (Å²) in [5.41, 5.74) is -1.33. The van der Waals surface area contributed by atoms with Gasteiger partial charge in [-0.25, -0.2) is 9.59 Å². The minimum absolute atomic E-state index is 0.0545. The van der Waals surface area contributed by atoms with Gasteiger partial charge < -0.3 is 30.2 Å². The smallest absolute Gasteiger partial charge is 0.408 e. The van der Waals surface area contributed by atoms with E-state index in [2.05, 4.69) is 15.8 Å². The predicted octanol–water partition coefficient (Wildman–Crippen LogP) is 3.38. The monoisotopic (exact) mass is 568 g/mol. The molecule has 3 amide bonds. The molecular formula is C30H40N4O7. The molecule has 1 unspecified atom stereocenters. The number of carbonyl (C=O) groups is 4. The third kappa shape index (κ3) is 7.86. The van der Waals surface area contributed by atoms with E-state index in [0.29, 0.717) is 12.8 Å². The molecule has 1 saturated heterocycles. The largest absolute Gasteiger partial charge is 0.479 e. The predicted molar refractivity (Wildman–Crippen MR) is 151 cm³/mol. The lowest BCUT2D eigenvalue weighted by molar-refractivity contribution is -0.145. The summed E-state index contributed by atoms with van der Waals surface area (Å²) in [6.45, 7) is 5.26. The first kappa shape index (κ1) is 30.1. The number of hydrogen-bond acceptors (Lipinski definition) is 7. The Morgan fingerprint density at radius 3 is 2.63 bits per heavy atom. The van der Waals surface area contributed by atoms with Crippen molar-refractivity contribution in [2.45, 2.75) is 95.0 Å². The molecule has 1 saturated carbocycles. The summed E-state index contributed by atoms with van der Waals surface area (Å²) in [7, 11) is 0. The minimum atomic E-state index is -1.40. The maximum absolute atomic E-state index is 13.9.